The van der Waals surface area contributed by atoms with Gasteiger partial charge in [-0.2, -0.15) is 0 Å². The summed E-state index contributed by atoms with van der Waals surface area (Å²) in [7, 11) is 0. The molecule has 2 saturated heterocycles. The first-order valence-corrected chi connectivity index (χ1v) is 10.3. The molecule has 0 spiro atoms. The highest BCUT2D eigenvalue weighted by Gasteiger charge is 2.61. The van der Waals surface area contributed by atoms with Gasteiger partial charge >= 0.3 is 5.97 Å². The Morgan fingerprint density at radius 1 is 0.938 bits per heavy atom. The normalized spacial score (nSPS) is 22.3. The van der Waals surface area contributed by atoms with E-state index in [1.54, 1.807) is 36.3 Å². The molecule has 3 atom stereocenters. The van der Waals surface area contributed by atoms with Gasteiger partial charge in [0.1, 0.15) is 17.7 Å². The van der Waals surface area contributed by atoms with Crippen LogP contribution in [0.4, 0.5) is 11.4 Å². The van der Waals surface area contributed by atoms with Crippen LogP contribution >= 0.6 is 0 Å². The number of anilines is 2. The van der Waals surface area contributed by atoms with Gasteiger partial charge in [-0.3, -0.25) is 14.4 Å². The van der Waals surface area contributed by atoms with Crippen LogP contribution in [0.3, 0.4) is 0 Å². The van der Waals surface area contributed by atoms with Gasteiger partial charge in [-0.15, -0.1) is 0 Å². The molecule has 2 aliphatic heterocycles. The Morgan fingerprint density at radius 2 is 1.69 bits per heavy atom. The first-order chi connectivity index (χ1) is 15.6. The van der Waals surface area contributed by atoms with E-state index >= 15 is 0 Å². The summed E-state index contributed by atoms with van der Waals surface area (Å²) < 4.78 is 10.6. The van der Waals surface area contributed by atoms with Gasteiger partial charge in [-0.25, -0.2) is 14.8 Å². The number of hydrogen-bond acceptors (Lipinski definition) is 7. The van der Waals surface area contributed by atoms with Crippen LogP contribution in [0.15, 0.2) is 77.4 Å². The van der Waals surface area contributed by atoms with Gasteiger partial charge in [0.25, 0.3) is 5.91 Å². The van der Waals surface area contributed by atoms with Gasteiger partial charge in [0.15, 0.2) is 6.10 Å². The van der Waals surface area contributed by atoms with Crippen LogP contribution in [0.25, 0.3) is 0 Å². The third kappa shape index (κ3) is 3.16. The van der Waals surface area contributed by atoms with Crippen LogP contribution in [-0.4, -0.2) is 30.5 Å². The standard InChI is InChI=1S/C24H20N2O6/c1-2-30-24(29)15-10-12-16(13-11-15)25-22(27)19-20(18-9-6-14-31-18)26(32-21(19)23(25)28)17-7-4-3-5-8-17/h3-14,19-21H,2H2,1H3/t19-,20-,21-/m1/s1. The number of fused-ring (bicyclic) bond motifs is 1. The van der Waals surface area contributed by atoms with E-state index in [0.717, 1.165) is 4.90 Å². The van der Waals surface area contributed by atoms with E-state index in [0.29, 0.717) is 22.7 Å². The Balaban J connectivity index is 1.48. The number of carbonyl (C=O) groups is 3. The van der Waals surface area contributed by atoms with Crippen molar-refractivity contribution in [2.24, 2.45) is 5.92 Å². The zero-order valence-electron chi connectivity index (χ0n) is 17.2. The van der Waals surface area contributed by atoms with Gasteiger partial charge in [0.05, 0.1) is 29.8 Å². The first kappa shape index (κ1) is 20.0. The fourth-order valence-electron chi connectivity index (χ4n) is 4.18. The molecule has 5 rings (SSSR count). The van der Waals surface area contributed by atoms with Crippen molar-refractivity contribution in [1.29, 1.82) is 0 Å². The molecule has 2 aliphatic rings. The molecular formula is C24H20N2O6. The maximum Gasteiger partial charge on any atom is 0.338 e. The van der Waals surface area contributed by atoms with Gasteiger partial charge in [0, 0.05) is 0 Å². The number of rotatable bonds is 5. The van der Waals surface area contributed by atoms with Crippen LogP contribution in [0.1, 0.15) is 29.1 Å². The molecule has 2 amide bonds. The molecule has 0 aliphatic carbocycles. The third-order valence-electron chi connectivity index (χ3n) is 5.60. The molecule has 0 unspecified atom stereocenters. The molecule has 162 valence electrons. The molecular weight excluding hydrogens is 412 g/mol. The summed E-state index contributed by atoms with van der Waals surface area (Å²) in [5, 5.41) is 1.57. The smallest absolute Gasteiger partial charge is 0.338 e. The molecule has 1 aromatic heterocycles. The van der Waals surface area contributed by atoms with Crippen LogP contribution < -0.4 is 9.96 Å². The van der Waals surface area contributed by atoms with Gasteiger partial charge in [0.2, 0.25) is 5.91 Å². The van der Waals surface area contributed by atoms with Crippen molar-refractivity contribution in [1.82, 2.24) is 0 Å². The topological polar surface area (TPSA) is 89.3 Å². The Kier molecular flexibility index (Phi) is 4.99. The Hall–Kier alpha value is -3.91. The minimum absolute atomic E-state index is 0.260. The summed E-state index contributed by atoms with van der Waals surface area (Å²) in [4.78, 5) is 45.8. The predicted octanol–water partition coefficient (Wildman–Crippen LogP) is 3.51. The highest BCUT2D eigenvalue weighted by molar-refractivity contribution is 6.24. The number of esters is 1. The second kappa shape index (κ2) is 7.97. The van der Waals surface area contributed by atoms with Crippen LogP contribution in [0.5, 0.6) is 0 Å². The summed E-state index contributed by atoms with van der Waals surface area (Å²) in [5.41, 5.74) is 1.43. The lowest BCUT2D eigenvalue weighted by molar-refractivity contribution is -0.126. The highest BCUT2D eigenvalue weighted by atomic mass is 16.7. The summed E-state index contributed by atoms with van der Waals surface area (Å²) in [6, 6.07) is 18.3. The molecule has 0 saturated carbocycles. The van der Waals surface area contributed by atoms with Crippen molar-refractivity contribution in [2.45, 2.75) is 19.1 Å². The fourth-order valence-corrected chi connectivity index (χ4v) is 4.18. The maximum atomic E-state index is 13.5. The number of hydroxylamine groups is 1. The van der Waals surface area contributed by atoms with Crippen LogP contribution in [0.2, 0.25) is 0 Å². The van der Waals surface area contributed by atoms with Crippen molar-refractivity contribution >= 4 is 29.2 Å². The zero-order chi connectivity index (χ0) is 22.2. The minimum Gasteiger partial charge on any atom is -0.467 e. The average molecular weight is 432 g/mol. The monoisotopic (exact) mass is 432 g/mol. The SMILES string of the molecule is CCOC(=O)c1ccc(N2C(=O)[C@@H]3[C@@H](c4ccco4)N(c4ccccc4)O[C@H]3C2=O)cc1. The summed E-state index contributed by atoms with van der Waals surface area (Å²) >= 11 is 0. The third-order valence-corrected chi connectivity index (χ3v) is 5.60. The fraction of sp³-hybridized carbons (Fsp3) is 0.208. The van der Waals surface area contributed by atoms with E-state index in [1.165, 1.54) is 18.4 Å². The molecule has 0 bridgehead atoms. The number of hydrogen-bond donors (Lipinski definition) is 0. The Morgan fingerprint density at radius 3 is 2.34 bits per heavy atom. The van der Waals surface area contributed by atoms with Crippen molar-refractivity contribution in [3.8, 4) is 0 Å². The van der Waals surface area contributed by atoms with E-state index in [2.05, 4.69) is 0 Å². The van der Waals surface area contributed by atoms with Gasteiger partial charge in [-0.05, 0) is 55.5 Å². The lowest BCUT2D eigenvalue weighted by atomic mass is 9.94. The molecule has 2 aromatic carbocycles. The largest absolute Gasteiger partial charge is 0.467 e. The predicted molar refractivity (Wildman–Crippen MR) is 114 cm³/mol. The number of carbonyl (C=O) groups excluding carboxylic acids is 3. The Labute approximate surface area is 183 Å². The lowest BCUT2D eigenvalue weighted by Gasteiger charge is -2.27. The minimum atomic E-state index is -0.984. The van der Waals surface area contributed by atoms with E-state index in [9.17, 15) is 14.4 Å². The number of para-hydroxylation sites is 1. The molecule has 0 radical (unpaired) electrons. The molecule has 0 N–H and O–H groups in total. The molecule has 32 heavy (non-hydrogen) atoms. The van der Waals surface area contributed by atoms with Crippen molar-refractivity contribution < 1.29 is 28.4 Å². The second-order valence-electron chi connectivity index (χ2n) is 7.45. The average Bonchev–Trinajstić information content (AvgIpc) is 3.52. The molecule has 8 nitrogen and oxygen atoms in total. The number of imide groups is 1. The summed E-state index contributed by atoms with van der Waals surface area (Å²) in [5.74, 6) is -1.56. The van der Waals surface area contributed by atoms with E-state index in [-0.39, 0.29) is 12.5 Å². The first-order valence-electron chi connectivity index (χ1n) is 10.3. The molecule has 8 heteroatoms. The number of ether oxygens (including phenoxy) is 1. The summed E-state index contributed by atoms with van der Waals surface area (Å²) in [6.45, 7) is 1.98. The second-order valence-corrected chi connectivity index (χ2v) is 7.45. The number of benzene rings is 2. The lowest BCUT2D eigenvalue weighted by Crippen LogP contribution is -2.37. The van der Waals surface area contributed by atoms with Crippen molar-refractivity contribution in [3.63, 3.8) is 0 Å². The summed E-state index contributed by atoms with van der Waals surface area (Å²) in [6.07, 6.45) is 0.543. The maximum absolute atomic E-state index is 13.5. The van der Waals surface area contributed by atoms with E-state index in [4.69, 9.17) is 14.0 Å². The zero-order valence-corrected chi connectivity index (χ0v) is 17.2. The quantitative estimate of drug-likeness (QED) is 0.450. The Bertz CT molecular complexity index is 1140. The number of amides is 2. The van der Waals surface area contributed by atoms with E-state index in [1.807, 2.05) is 30.3 Å². The van der Waals surface area contributed by atoms with Crippen molar-refractivity contribution in [2.75, 3.05) is 16.6 Å². The van der Waals surface area contributed by atoms with Crippen LogP contribution in [0, 0.1) is 5.92 Å². The van der Waals surface area contributed by atoms with Crippen molar-refractivity contribution in [3.05, 3.63) is 84.3 Å². The van der Waals surface area contributed by atoms with Gasteiger partial charge in [-0.1, -0.05) is 18.2 Å². The molecule has 3 aromatic rings. The number of nitrogens with zero attached hydrogens (tertiary/aromatic N) is 2. The highest BCUT2D eigenvalue weighted by Crippen LogP contribution is 2.47. The van der Waals surface area contributed by atoms with Crippen LogP contribution in [-0.2, 0) is 19.2 Å². The van der Waals surface area contributed by atoms with E-state index < -0.39 is 29.9 Å². The molecule has 2 fully saturated rings. The number of furan rings is 1. The van der Waals surface area contributed by atoms with Gasteiger partial charge < -0.3 is 9.15 Å². The molecule has 3 heterocycles.